The second-order valence-electron chi connectivity index (χ2n) is 9.46. The van der Waals surface area contributed by atoms with Crippen LogP contribution >= 0.6 is 0 Å². The Morgan fingerprint density at radius 1 is 1.17 bits per heavy atom. The molecule has 0 unspecified atom stereocenters. The molecule has 0 radical (unpaired) electrons. The van der Waals surface area contributed by atoms with E-state index in [2.05, 4.69) is 61.8 Å². The van der Waals surface area contributed by atoms with Gasteiger partial charge in [-0.2, -0.15) is 10.2 Å². The first kappa shape index (κ1) is 20.3. The highest BCUT2D eigenvalue weighted by Crippen LogP contribution is 2.28. The van der Waals surface area contributed by atoms with Crippen molar-refractivity contribution >= 4 is 17.1 Å². The molecule has 1 saturated heterocycles. The quantitative estimate of drug-likeness (QED) is 0.653. The fraction of sp³-hybridized carbons (Fsp3) is 0.500. The van der Waals surface area contributed by atoms with Crippen LogP contribution in [0.1, 0.15) is 56.0 Å². The minimum absolute atomic E-state index is 0.103. The normalized spacial score (nSPS) is 15.5. The van der Waals surface area contributed by atoms with Gasteiger partial charge in [0.15, 0.2) is 5.65 Å². The number of nitrogens with zero attached hydrogens (tertiary/aromatic N) is 6. The zero-order chi connectivity index (χ0) is 21.5. The number of benzene rings is 1. The molecule has 0 amide bonds. The summed E-state index contributed by atoms with van der Waals surface area (Å²) in [5.41, 5.74) is 6.73. The van der Waals surface area contributed by atoms with Crippen LogP contribution in [-0.4, -0.2) is 32.6 Å². The number of anilines is 1. The smallest absolute Gasteiger partial charge is 0.227 e. The predicted octanol–water partition coefficient (Wildman–Crippen LogP) is 4.30. The molecule has 0 aliphatic carbocycles. The van der Waals surface area contributed by atoms with Crippen molar-refractivity contribution in [3.05, 3.63) is 46.9 Å². The maximum Gasteiger partial charge on any atom is 0.227 e. The Bertz CT molecular complexity index is 1110. The molecule has 1 aliphatic rings. The number of aryl methyl sites for hydroxylation is 2. The Balaban J connectivity index is 1.74. The van der Waals surface area contributed by atoms with Crippen molar-refractivity contribution in [3.63, 3.8) is 0 Å². The fourth-order valence-corrected chi connectivity index (χ4v) is 4.11. The zero-order valence-corrected chi connectivity index (χ0v) is 18.6. The number of aromatic nitrogens is 4. The summed E-state index contributed by atoms with van der Waals surface area (Å²) in [6.45, 7) is 10.5. The third kappa shape index (κ3) is 3.89. The van der Waals surface area contributed by atoms with Crippen molar-refractivity contribution in [2.45, 2.75) is 52.4 Å². The van der Waals surface area contributed by atoms with Gasteiger partial charge < -0.3 is 9.47 Å². The first-order valence-corrected chi connectivity index (χ1v) is 10.7. The molecule has 3 heterocycles. The van der Waals surface area contributed by atoms with E-state index in [9.17, 15) is 5.26 Å². The molecule has 0 bridgehead atoms. The van der Waals surface area contributed by atoms with E-state index in [1.54, 1.807) is 0 Å². The topological polar surface area (TPSA) is 70.6 Å². The van der Waals surface area contributed by atoms with Crippen molar-refractivity contribution in [2.75, 3.05) is 18.0 Å². The molecule has 1 aromatic carbocycles. The number of imidazole rings is 1. The number of fused-ring (bicyclic) bond motifs is 1. The lowest BCUT2D eigenvalue weighted by Crippen LogP contribution is -2.34. The van der Waals surface area contributed by atoms with Gasteiger partial charge in [0.1, 0.15) is 5.52 Å². The average Bonchev–Trinajstić information content (AvgIpc) is 3.10. The highest BCUT2D eigenvalue weighted by atomic mass is 15.3. The minimum atomic E-state index is 0.103. The highest BCUT2D eigenvalue weighted by Gasteiger charge is 2.23. The van der Waals surface area contributed by atoms with Gasteiger partial charge in [0, 0.05) is 32.5 Å². The lowest BCUT2D eigenvalue weighted by atomic mass is 9.84. The lowest BCUT2D eigenvalue weighted by molar-refractivity contribution is 0.482. The van der Waals surface area contributed by atoms with Crippen LogP contribution in [0, 0.1) is 24.2 Å². The van der Waals surface area contributed by atoms with Crippen LogP contribution in [-0.2, 0) is 18.9 Å². The van der Waals surface area contributed by atoms with E-state index in [4.69, 9.17) is 9.97 Å². The minimum Gasteiger partial charge on any atom is -0.341 e. The standard InChI is InChI=1S/C24H30N6/c1-16-6-7-19(24(2,3)4)12-18(16)13-20-21-22(26-15-29(21)5)28-23(27-20)30-10-8-17(14-25)9-11-30/h6-7,12,15,17H,8-11,13H2,1-5H3. The SMILES string of the molecule is Cc1ccc(C(C)(C)C)cc1Cc1nc(N2CCC(C#N)CC2)nc2ncn(C)c12. The zero-order valence-electron chi connectivity index (χ0n) is 18.6. The third-order valence-corrected chi connectivity index (χ3v) is 6.17. The molecule has 1 fully saturated rings. The van der Waals surface area contributed by atoms with Crippen LogP contribution in [0.4, 0.5) is 5.95 Å². The number of hydrogen-bond donors (Lipinski definition) is 0. The molecular weight excluding hydrogens is 372 g/mol. The molecule has 6 heteroatoms. The molecule has 0 spiro atoms. The fourth-order valence-electron chi connectivity index (χ4n) is 4.11. The Morgan fingerprint density at radius 3 is 2.57 bits per heavy atom. The van der Waals surface area contributed by atoms with E-state index < -0.39 is 0 Å². The second kappa shape index (κ2) is 7.71. The monoisotopic (exact) mass is 402 g/mol. The average molecular weight is 403 g/mol. The van der Waals surface area contributed by atoms with E-state index in [0.29, 0.717) is 0 Å². The predicted molar refractivity (Wildman–Crippen MR) is 120 cm³/mol. The molecule has 156 valence electrons. The van der Waals surface area contributed by atoms with E-state index in [0.717, 1.165) is 55.2 Å². The van der Waals surface area contributed by atoms with Gasteiger partial charge in [-0.05, 0) is 41.9 Å². The Hall–Kier alpha value is -2.94. The third-order valence-electron chi connectivity index (χ3n) is 6.17. The van der Waals surface area contributed by atoms with E-state index >= 15 is 0 Å². The van der Waals surface area contributed by atoms with Crippen LogP contribution < -0.4 is 4.90 Å². The van der Waals surface area contributed by atoms with Gasteiger partial charge in [0.25, 0.3) is 0 Å². The summed E-state index contributed by atoms with van der Waals surface area (Å²) in [5, 5.41) is 9.19. The van der Waals surface area contributed by atoms with Crippen molar-refractivity contribution in [2.24, 2.45) is 13.0 Å². The van der Waals surface area contributed by atoms with Crippen LogP contribution in [0.5, 0.6) is 0 Å². The highest BCUT2D eigenvalue weighted by molar-refractivity contribution is 5.75. The second-order valence-corrected chi connectivity index (χ2v) is 9.46. The molecular formula is C24H30N6. The molecule has 6 nitrogen and oxygen atoms in total. The van der Waals surface area contributed by atoms with Gasteiger partial charge >= 0.3 is 0 Å². The summed E-state index contributed by atoms with van der Waals surface area (Å²) in [6, 6.07) is 9.15. The largest absolute Gasteiger partial charge is 0.341 e. The lowest BCUT2D eigenvalue weighted by Gasteiger charge is -2.29. The molecule has 0 N–H and O–H groups in total. The summed E-state index contributed by atoms with van der Waals surface area (Å²) < 4.78 is 2.01. The number of piperidine rings is 1. The van der Waals surface area contributed by atoms with Gasteiger partial charge in [0.2, 0.25) is 5.95 Å². The molecule has 1 aliphatic heterocycles. The van der Waals surface area contributed by atoms with Gasteiger partial charge in [0.05, 0.1) is 18.1 Å². The maximum absolute atomic E-state index is 9.19. The Labute approximate surface area is 178 Å². The summed E-state index contributed by atoms with van der Waals surface area (Å²) in [7, 11) is 2.00. The summed E-state index contributed by atoms with van der Waals surface area (Å²) in [6.07, 6.45) is 4.29. The van der Waals surface area contributed by atoms with E-state index in [-0.39, 0.29) is 11.3 Å². The number of hydrogen-bond acceptors (Lipinski definition) is 5. The van der Waals surface area contributed by atoms with Crippen LogP contribution in [0.15, 0.2) is 24.5 Å². The van der Waals surface area contributed by atoms with Crippen molar-refractivity contribution in [1.29, 1.82) is 5.26 Å². The van der Waals surface area contributed by atoms with Crippen molar-refractivity contribution < 1.29 is 0 Å². The van der Waals surface area contributed by atoms with Crippen LogP contribution in [0.2, 0.25) is 0 Å². The van der Waals surface area contributed by atoms with Gasteiger partial charge in [-0.25, -0.2) is 9.97 Å². The van der Waals surface area contributed by atoms with Crippen molar-refractivity contribution in [3.8, 4) is 6.07 Å². The van der Waals surface area contributed by atoms with Gasteiger partial charge in [-0.3, -0.25) is 0 Å². The summed E-state index contributed by atoms with van der Waals surface area (Å²) in [4.78, 5) is 16.5. The Kier molecular flexibility index (Phi) is 5.23. The molecule has 2 aromatic heterocycles. The molecule has 0 atom stereocenters. The van der Waals surface area contributed by atoms with Crippen LogP contribution in [0.3, 0.4) is 0 Å². The number of rotatable bonds is 3. The summed E-state index contributed by atoms with van der Waals surface area (Å²) >= 11 is 0. The molecule has 4 rings (SSSR count). The van der Waals surface area contributed by atoms with Gasteiger partial charge in [-0.15, -0.1) is 0 Å². The molecule has 3 aromatic rings. The molecule has 0 saturated carbocycles. The first-order valence-electron chi connectivity index (χ1n) is 10.7. The Morgan fingerprint density at radius 2 is 1.90 bits per heavy atom. The maximum atomic E-state index is 9.19. The number of nitriles is 1. The van der Waals surface area contributed by atoms with Gasteiger partial charge in [-0.1, -0.05) is 39.0 Å². The first-order chi connectivity index (χ1) is 14.3. The van der Waals surface area contributed by atoms with Crippen LogP contribution in [0.25, 0.3) is 11.2 Å². The van der Waals surface area contributed by atoms with Crippen molar-refractivity contribution in [1.82, 2.24) is 19.5 Å². The van der Waals surface area contributed by atoms with E-state index in [1.807, 2.05) is 17.9 Å². The summed E-state index contributed by atoms with van der Waals surface area (Å²) in [5.74, 6) is 0.874. The molecule has 30 heavy (non-hydrogen) atoms. The van der Waals surface area contributed by atoms with E-state index in [1.165, 1.54) is 16.7 Å².